The van der Waals surface area contributed by atoms with Crippen molar-refractivity contribution in [2.24, 2.45) is 0 Å². The van der Waals surface area contributed by atoms with Crippen LogP contribution in [0.15, 0.2) is 103 Å². The third-order valence-electron chi connectivity index (χ3n) is 5.89. The lowest BCUT2D eigenvalue weighted by atomic mass is 9.86. The minimum atomic E-state index is -0.606. The Hall–Kier alpha value is -3.86. The minimum Gasteiger partial charge on any atom is -0.466 e. The van der Waals surface area contributed by atoms with E-state index in [1.807, 2.05) is 71.6 Å². The lowest BCUT2D eigenvalue weighted by molar-refractivity contribution is -0.139. The van der Waals surface area contributed by atoms with E-state index in [2.05, 4.69) is 24.3 Å². The predicted octanol–water partition coefficient (Wildman–Crippen LogP) is 4.41. The van der Waals surface area contributed by atoms with E-state index < -0.39 is 17.5 Å². The highest BCUT2D eigenvalue weighted by Crippen LogP contribution is 2.64. The van der Waals surface area contributed by atoms with Gasteiger partial charge in [-0.15, -0.1) is 0 Å². The SMILES string of the molecule is COC(=O)/C=C(\C(=O)OC)N1[C@@H](c2ccccc2)[C@@]1(Cc1ccccc1)c1ccccc1. The maximum Gasteiger partial charge on any atom is 0.354 e. The third kappa shape index (κ3) is 3.89. The van der Waals surface area contributed by atoms with Gasteiger partial charge in [-0.05, 0) is 16.7 Å². The largest absolute Gasteiger partial charge is 0.466 e. The molecule has 5 nitrogen and oxygen atoms in total. The summed E-state index contributed by atoms with van der Waals surface area (Å²) in [5.41, 5.74) is 2.83. The number of rotatable bonds is 7. The van der Waals surface area contributed by atoms with E-state index in [1.165, 1.54) is 20.3 Å². The number of methoxy groups -OCH3 is 2. The molecule has 0 radical (unpaired) electrons. The topological polar surface area (TPSA) is 55.6 Å². The third-order valence-corrected chi connectivity index (χ3v) is 5.89. The lowest BCUT2D eigenvalue weighted by Gasteiger charge is -2.20. The van der Waals surface area contributed by atoms with Gasteiger partial charge in [0.2, 0.25) is 0 Å². The predicted molar refractivity (Wildman–Crippen MR) is 121 cm³/mol. The first-order chi connectivity index (χ1) is 15.6. The molecule has 0 unspecified atom stereocenters. The first-order valence-electron chi connectivity index (χ1n) is 10.4. The molecule has 1 saturated heterocycles. The van der Waals surface area contributed by atoms with E-state index >= 15 is 0 Å². The number of carbonyl (C=O) groups excluding carboxylic acids is 2. The van der Waals surface area contributed by atoms with Crippen LogP contribution in [-0.4, -0.2) is 31.1 Å². The Morgan fingerprint density at radius 2 is 1.41 bits per heavy atom. The molecule has 0 saturated carbocycles. The zero-order valence-electron chi connectivity index (χ0n) is 18.1. The normalized spacial score (nSPS) is 19.9. The van der Waals surface area contributed by atoms with Crippen LogP contribution >= 0.6 is 0 Å². The van der Waals surface area contributed by atoms with Crippen LogP contribution in [0.3, 0.4) is 0 Å². The second-order valence-electron chi connectivity index (χ2n) is 7.68. The number of hydrogen-bond donors (Lipinski definition) is 0. The smallest absolute Gasteiger partial charge is 0.354 e. The Labute approximate surface area is 187 Å². The van der Waals surface area contributed by atoms with E-state index in [0.717, 1.165) is 16.7 Å². The molecule has 1 aliphatic heterocycles. The van der Waals surface area contributed by atoms with Gasteiger partial charge in [0.05, 0.1) is 31.9 Å². The fraction of sp³-hybridized carbons (Fsp3) is 0.185. The summed E-state index contributed by atoms with van der Waals surface area (Å²) in [6.07, 6.45) is 1.87. The van der Waals surface area contributed by atoms with Crippen molar-refractivity contribution in [1.82, 2.24) is 4.90 Å². The number of hydrogen-bond acceptors (Lipinski definition) is 5. The maximum atomic E-state index is 12.9. The molecule has 1 fully saturated rings. The first-order valence-corrected chi connectivity index (χ1v) is 10.4. The van der Waals surface area contributed by atoms with Gasteiger partial charge < -0.3 is 14.4 Å². The molecule has 0 N–H and O–H groups in total. The van der Waals surface area contributed by atoms with Crippen molar-refractivity contribution in [3.05, 3.63) is 119 Å². The Bertz CT molecular complexity index is 1110. The summed E-state index contributed by atoms with van der Waals surface area (Å²) in [7, 11) is 2.61. The van der Waals surface area contributed by atoms with E-state index in [-0.39, 0.29) is 11.7 Å². The fourth-order valence-electron chi connectivity index (χ4n) is 4.46. The molecule has 3 aromatic rings. The van der Waals surface area contributed by atoms with Gasteiger partial charge >= 0.3 is 11.9 Å². The summed E-state index contributed by atoms with van der Waals surface area (Å²) in [6.45, 7) is 0. The number of esters is 2. The maximum absolute atomic E-state index is 12.9. The number of ether oxygens (including phenoxy) is 2. The van der Waals surface area contributed by atoms with Crippen molar-refractivity contribution >= 4 is 11.9 Å². The van der Waals surface area contributed by atoms with Crippen molar-refractivity contribution < 1.29 is 19.1 Å². The molecule has 1 heterocycles. The summed E-state index contributed by atoms with van der Waals surface area (Å²) >= 11 is 0. The second kappa shape index (κ2) is 9.10. The van der Waals surface area contributed by atoms with Gasteiger partial charge in [-0.3, -0.25) is 0 Å². The summed E-state index contributed by atoms with van der Waals surface area (Å²) in [5, 5.41) is 0. The van der Waals surface area contributed by atoms with Crippen molar-refractivity contribution in [2.75, 3.05) is 14.2 Å². The zero-order chi connectivity index (χ0) is 22.6. The molecule has 2 atom stereocenters. The van der Waals surface area contributed by atoms with Crippen molar-refractivity contribution in [2.45, 2.75) is 18.0 Å². The standard InChI is InChI=1S/C27H25NO4/c1-31-24(29)18-23(26(30)32-2)28-25(21-14-8-4-9-15-21)27(28,22-16-10-5-11-17-22)19-20-12-6-3-7-13-20/h3-18,25H,19H2,1-2H3/b23-18+/t25-,27+,28?/m0/s1. The molecule has 0 amide bonds. The molecule has 0 aromatic heterocycles. The monoisotopic (exact) mass is 427 g/mol. The highest BCUT2D eigenvalue weighted by atomic mass is 16.5. The van der Waals surface area contributed by atoms with Gasteiger partial charge in [0, 0.05) is 6.42 Å². The first kappa shape index (κ1) is 21.4. The van der Waals surface area contributed by atoms with Gasteiger partial charge in [0.15, 0.2) is 0 Å². The Morgan fingerprint density at radius 3 is 1.97 bits per heavy atom. The van der Waals surface area contributed by atoms with Crippen molar-refractivity contribution in [3.63, 3.8) is 0 Å². The lowest BCUT2D eigenvalue weighted by Crippen LogP contribution is -2.24. The number of benzene rings is 3. The number of carbonyl (C=O) groups is 2. The quantitative estimate of drug-likeness (QED) is 0.318. The fourth-order valence-corrected chi connectivity index (χ4v) is 4.46. The van der Waals surface area contributed by atoms with Crippen molar-refractivity contribution in [3.8, 4) is 0 Å². The van der Waals surface area contributed by atoms with E-state index in [9.17, 15) is 9.59 Å². The molecule has 0 bridgehead atoms. The zero-order valence-corrected chi connectivity index (χ0v) is 18.1. The van der Waals surface area contributed by atoms with Gasteiger partial charge in [-0.25, -0.2) is 9.59 Å². The van der Waals surface area contributed by atoms with E-state index in [1.54, 1.807) is 0 Å². The average Bonchev–Trinajstić information content (AvgIpc) is 3.52. The molecule has 0 aliphatic carbocycles. The van der Waals surface area contributed by atoms with Crippen LogP contribution in [0.5, 0.6) is 0 Å². The van der Waals surface area contributed by atoms with Crippen molar-refractivity contribution in [1.29, 1.82) is 0 Å². The van der Waals surface area contributed by atoms with Crippen LogP contribution in [0.4, 0.5) is 0 Å². The van der Waals surface area contributed by atoms with Crippen LogP contribution in [0.25, 0.3) is 0 Å². The Morgan fingerprint density at radius 1 is 0.844 bits per heavy atom. The van der Waals surface area contributed by atoms with Crippen LogP contribution in [-0.2, 0) is 31.0 Å². The molecule has 162 valence electrons. The molecule has 32 heavy (non-hydrogen) atoms. The molecule has 3 aromatic carbocycles. The highest BCUT2D eigenvalue weighted by Gasteiger charge is 2.65. The van der Waals surface area contributed by atoms with Crippen LogP contribution in [0.2, 0.25) is 0 Å². The summed E-state index contributed by atoms with van der Waals surface area (Å²) in [6, 6.07) is 30.0. The van der Waals surface area contributed by atoms with Gasteiger partial charge in [0.1, 0.15) is 5.70 Å². The molecular weight excluding hydrogens is 402 g/mol. The number of nitrogens with zero attached hydrogens (tertiary/aromatic N) is 1. The molecule has 5 heteroatoms. The Kier molecular flexibility index (Phi) is 6.08. The molecular formula is C27H25NO4. The summed E-state index contributed by atoms with van der Waals surface area (Å²) < 4.78 is 9.90. The van der Waals surface area contributed by atoms with E-state index in [4.69, 9.17) is 9.47 Å². The molecule has 0 spiro atoms. The average molecular weight is 428 g/mol. The molecule has 1 aliphatic rings. The summed E-state index contributed by atoms with van der Waals surface area (Å²) in [5.74, 6) is -1.19. The summed E-state index contributed by atoms with van der Waals surface area (Å²) in [4.78, 5) is 27.0. The van der Waals surface area contributed by atoms with Gasteiger partial charge in [0.25, 0.3) is 0 Å². The van der Waals surface area contributed by atoms with E-state index in [0.29, 0.717) is 6.42 Å². The Balaban J connectivity index is 1.92. The van der Waals surface area contributed by atoms with Crippen LogP contribution in [0.1, 0.15) is 22.7 Å². The van der Waals surface area contributed by atoms with Gasteiger partial charge in [-0.1, -0.05) is 91.0 Å². The molecule has 4 rings (SSSR count). The van der Waals surface area contributed by atoms with Crippen LogP contribution < -0.4 is 0 Å². The second-order valence-corrected chi connectivity index (χ2v) is 7.68. The minimum absolute atomic E-state index is 0.165. The highest BCUT2D eigenvalue weighted by molar-refractivity contribution is 5.96. The van der Waals surface area contributed by atoms with Crippen LogP contribution in [0, 0.1) is 0 Å². The van der Waals surface area contributed by atoms with Gasteiger partial charge in [-0.2, -0.15) is 0 Å².